The van der Waals surface area contributed by atoms with Crippen molar-refractivity contribution in [2.45, 2.75) is 26.8 Å². The second-order valence-corrected chi connectivity index (χ2v) is 5.97. The summed E-state index contributed by atoms with van der Waals surface area (Å²) in [5.41, 5.74) is 2.97. The molecule has 2 aromatic rings. The summed E-state index contributed by atoms with van der Waals surface area (Å²) in [6.45, 7) is 9.18. The molecule has 0 fully saturated rings. The van der Waals surface area contributed by atoms with Gasteiger partial charge in [-0.3, -0.25) is 0 Å². The maximum atomic E-state index is 12.2. The number of benzene rings is 2. The molecular weight excluding hydrogens is 341 g/mol. The van der Waals surface area contributed by atoms with Gasteiger partial charge in [0.05, 0.1) is 0 Å². The van der Waals surface area contributed by atoms with Crippen LogP contribution in [-0.4, -0.2) is 37.4 Å². The summed E-state index contributed by atoms with van der Waals surface area (Å²) in [4.78, 5) is 2.36. The second kappa shape index (κ2) is 9.59. The van der Waals surface area contributed by atoms with Crippen LogP contribution in [0.2, 0.25) is 0 Å². The number of ether oxygens (including phenoxy) is 1. The zero-order valence-electron chi connectivity index (χ0n) is 15.1. The molecule has 142 valence electrons. The Kier molecular flexibility index (Phi) is 7.48. The van der Waals surface area contributed by atoms with Crippen LogP contribution in [0.25, 0.3) is 11.1 Å². The quantitative estimate of drug-likeness (QED) is 0.652. The average Bonchev–Trinajstić information content (AvgIpc) is 2.62. The molecule has 0 heterocycles. The number of hydrogen-bond acceptors (Lipinski definition) is 3. The number of likely N-dealkylation sites (N-methyl/N-ethyl adjacent to an activating group) is 1. The molecule has 0 amide bonds. The minimum atomic E-state index is -4.67. The van der Waals surface area contributed by atoms with Gasteiger partial charge in [-0.15, -0.1) is 13.2 Å². The largest absolute Gasteiger partial charge is 0.573 e. The lowest BCUT2D eigenvalue weighted by Crippen LogP contribution is -2.31. The highest BCUT2D eigenvalue weighted by molar-refractivity contribution is 5.64. The van der Waals surface area contributed by atoms with Crippen LogP contribution in [0.3, 0.4) is 0 Å². The van der Waals surface area contributed by atoms with Crippen molar-refractivity contribution in [2.75, 3.05) is 26.2 Å². The minimum Gasteiger partial charge on any atom is -0.406 e. The van der Waals surface area contributed by atoms with E-state index in [0.29, 0.717) is 0 Å². The Morgan fingerprint density at radius 3 is 1.92 bits per heavy atom. The van der Waals surface area contributed by atoms with Gasteiger partial charge in [0.1, 0.15) is 5.75 Å². The van der Waals surface area contributed by atoms with Gasteiger partial charge in [-0.25, -0.2) is 0 Å². The van der Waals surface area contributed by atoms with Crippen LogP contribution in [0, 0.1) is 0 Å². The van der Waals surface area contributed by atoms with Gasteiger partial charge >= 0.3 is 6.36 Å². The smallest absolute Gasteiger partial charge is 0.406 e. The average molecular weight is 366 g/mol. The van der Waals surface area contributed by atoms with Gasteiger partial charge in [0.15, 0.2) is 0 Å². The van der Waals surface area contributed by atoms with Crippen LogP contribution >= 0.6 is 0 Å². The number of hydrogen-bond donors (Lipinski definition) is 1. The van der Waals surface area contributed by atoms with E-state index in [9.17, 15) is 13.2 Å². The van der Waals surface area contributed by atoms with Crippen molar-refractivity contribution in [3.05, 3.63) is 54.1 Å². The molecule has 0 spiro atoms. The number of nitrogens with one attached hydrogen (secondary N) is 1. The first-order valence-electron chi connectivity index (χ1n) is 8.79. The highest BCUT2D eigenvalue weighted by Crippen LogP contribution is 2.26. The SMILES string of the molecule is CCN(CC)CCNCc1ccc(-c2ccc(OC(F)(F)F)cc2)cc1. The molecule has 0 aliphatic rings. The van der Waals surface area contributed by atoms with Crippen LogP contribution in [0.1, 0.15) is 19.4 Å². The van der Waals surface area contributed by atoms with Crippen molar-refractivity contribution in [2.24, 2.45) is 0 Å². The molecule has 0 atom stereocenters. The molecule has 0 saturated carbocycles. The summed E-state index contributed by atoms with van der Waals surface area (Å²) in [5.74, 6) is -0.213. The molecule has 26 heavy (non-hydrogen) atoms. The van der Waals surface area contributed by atoms with Crippen molar-refractivity contribution in [3.8, 4) is 16.9 Å². The lowest BCUT2D eigenvalue weighted by molar-refractivity contribution is -0.274. The lowest BCUT2D eigenvalue weighted by atomic mass is 10.0. The Morgan fingerprint density at radius 1 is 0.885 bits per heavy atom. The molecule has 0 saturated heterocycles. The maximum absolute atomic E-state index is 12.2. The van der Waals surface area contributed by atoms with Gasteiger partial charge in [0.25, 0.3) is 0 Å². The minimum absolute atomic E-state index is 0.213. The fourth-order valence-electron chi connectivity index (χ4n) is 2.67. The summed E-state index contributed by atoms with van der Waals surface area (Å²) < 4.78 is 40.5. The molecule has 6 heteroatoms. The Bertz CT molecular complexity index is 650. The molecule has 0 radical (unpaired) electrons. The van der Waals surface area contributed by atoms with Crippen molar-refractivity contribution < 1.29 is 17.9 Å². The summed E-state index contributed by atoms with van der Waals surface area (Å²) >= 11 is 0. The molecule has 0 aliphatic carbocycles. The number of halogens is 3. The zero-order chi connectivity index (χ0) is 19.0. The Balaban J connectivity index is 1.87. The third-order valence-electron chi connectivity index (χ3n) is 4.20. The monoisotopic (exact) mass is 366 g/mol. The fraction of sp³-hybridized carbons (Fsp3) is 0.400. The van der Waals surface area contributed by atoms with Crippen LogP contribution in [-0.2, 0) is 6.54 Å². The first-order valence-corrected chi connectivity index (χ1v) is 8.79. The van der Waals surface area contributed by atoms with Crippen LogP contribution < -0.4 is 10.1 Å². The van der Waals surface area contributed by atoms with Gasteiger partial charge in [0, 0.05) is 19.6 Å². The first-order chi connectivity index (χ1) is 12.4. The predicted molar refractivity (Wildman–Crippen MR) is 98.1 cm³/mol. The van der Waals surface area contributed by atoms with Crippen molar-refractivity contribution in [3.63, 3.8) is 0 Å². The molecule has 2 rings (SSSR count). The Morgan fingerprint density at radius 2 is 1.42 bits per heavy atom. The summed E-state index contributed by atoms with van der Waals surface area (Å²) in [6, 6.07) is 13.9. The van der Waals surface area contributed by atoms with Crippen molar-refractivity contribution in [1.82, 2.24) is 10.2 Å². The fourth-order valence-corrected chi connectivity index (χ4v) is 2.67. The molecule has 0 bridgehead atoms. The topological polar surface area (TPSA) is 24.5 Å². The first kappa shape index (κ1) is 20.3. The third-order valence-corrected chi connectivity index (χ3v) is 4.20. The standard InChI is InChI=1S/C20H25F3N2O/c1-3-25(4-2)14-13-24-15-16-5-7-17(8-6-16)18-9-11-19(12-10-18)26-20(21,22)23/h5-12,24H,3-4,13-15H2,1-2H3. The molecule has 1 N–H and O–H groups in total. The number of rotatable bonds is 9. The van der Waals surface area contributed by atoms with Crippen LogP contribution in [0.5, 0.6) is 5.75 Å². The van der Waals surface area contributed by atoms with E-state index in [1.807, 2.05) is 24.3 Å². The third kappa shape index (κ3) is 6.69. The van der Waals surface area contributed by atoms with E-state index < -0.39 is 6.36 Å². The van der Waals surface area contributed by atoms with E-state index in [1.54, 1.807) is 12.1 Å². The maximum Gasteiger partial charge on any atom is 0.573 e. The zero-order valence-corrected chi connectivity index (χ0v) is 15.1. The molecular formula is C20H25F3N2O. The van der Waals surface area contributed by atoms with Gasteiger partial charge in [-0.2, -0.15) is 0 Å². The van der Waals surface area contributed by atoms with E-state index in [-0.39, 0.29) is 5.75 Å². The van der Waals surface area contributed by atoms with E-state index in [4.69, 9.17) is 0 Å². The van der Waals surface area contributed by atoms with Crippen molar-refractivity contribution >= 4 is 0 Å². The number of nitrogens with zero attached hydrogens (tertiary/aromatic N) is 1. The van der Waals surface area contributed by atoms with Crippen LogP contribution in [0.15, 0.2) is 48.5 Å². The highest BCUT2D eigenvalue weighted by Gasteiger charge is 2.30. The van der Waals surface area contributed by atoms with Gasteiger partial charge in [-0.05, 0) is 41.9 Å². The lowest BCUT2D eigenvalue weighted by Gasteiger charge is -2.18. The van der Waals surface area contributed by atoms with Gasteiger partial charge in [-0.1, -0.05) is 50.2 Å². The van der Waals surface area contributed by atoms with E-state index in [2.05, 4.69) is 28.8 Å². The predicted octanol–water partition coefficient (Wildman–Crippen LogP) is 4.68. The van der Waals surface area contributed by atoms with Crippen LogP contribution in [0.4, 0.5) is 13.2 Å². The normalized spacial score (nSPS) is 11.8. The number of alkyl halides is 3. The molecule has 0 aliphatic heterocycles. The van der Waals surface area contributed by atoms with Crippen molar-refractivity contribution in [1.29, 1.82) is 0 Å². The molecule has 3 nitrogen and oxygen atoms in total. The molecule has 0 aromatic heterocycles. The van der Waals surface area contributed by atoms with E-state index >= 15 is 0 Å². The van der Waals surface area contributed by atoms with Gasteiger partial charge < -0.3 is 15.0 Å². The van der Waals surface area contributed by atoms with Gasteiger partial charge in [0.2, 0.25) is 0 Å². The highest BCUT2D eigenvalue weighted by atomic mass is 19.4. The summed E-state index contributed by atoms with van der Waals surface area (Å²) in [6.07, 6.45) is -4.67. The summed E-state index contributed by atoms with van der Waals surface area (Å²) in [5, 5.41) is 3.42. The molecule has 0 unspecified atom stereocenters. The Hall–Kier alpha value is -2.05. The Labute approximate surface area is 152 Å². The second-order valence-electron chi connectivity index (χ2n) is 5.97. The van der Waals surface area contributed by atoms with E-state index in [1.165, 1.54) is 17.7 Å². The van der Waals surface area contributed by atoms with E-state index in [0.717, 1.165) is 43.9 Å². The molecule has 2 aromatic carbocycles. The summed E-state index contributed by atoms with van der Waals surface area (Å²) in [7, 11) is 0.